The van der Waals surface area contributed by atoms with Crippen molar-refractivity contribution in [1.82, 2.24) is 14.8 Å². The van der Waals surface area contributed by atoms with Crippen molar-refractivity contribution in [2.24, 2.45) is 0 Å². The van der Waals surface area contributed by atoms with Crippen LogP contribution in [-0.2, 0) is 0 Å². The Kier molecular flexibility index (Phi) is 5.95. The molecule has 1 unspecified atom stereocenters. The summed E-state index contributed by atoms with van der Waals surface area (Å²) in [5.41, 5.74) is 4.83. The summed E-state index contributed by atoms with van der Waals surface area (Å²) in [4.78, 5) is 4.33. The van der Waals surface area contributed by atoms with E-state index in [9.17, 15) is 17.6 Å². The third-order valence-corrected chi connectivity index (χ3v) is 5.79. The molecule has 34 heavy (non-hydrogen) atoms. The summed E-state index contributed by atoms with van der Waals surface area (Å²) in [7, 11) is 0. The van der Waals surface area contributed by atoms with E-state index in [4.69, 9.17) is 0 Å². The van der Waals surface area contributed by atoms with Gasteiger partial charge in [0.1, 0.15) is 23.9 Å². The SMILES string of the molecule is FC(F)Oc1ccc(/C=C2/CCCC3=C2Nc2ncnn2C3c2ccc(OC(F)F)cc2)cc1. The van der Waals surface area contributed by atoms with Gasteiger partial charge < -0.3 is 14.8 Å². The highest BCUT2D eigenvalue weighted by Gasteiger charge is 2.33. The summed E-state index contributed by atoms with van der Waals surface area (Å²) in [6, 6.07) is 12.8. The molecule has 6 nitrogen and oxygen atoms in total. The topological polar surface area (TPSA) is 61.2 Å². The number of ether oxygens (including phenoxy) is 2. The van der Waals surface area contributed by atoms with Crippen LogP contribution in [0, 0.1) is 0 Å². The smallest absolute Gasteiger partial charge is 0.387 e. The van der Waals surface area contributed by atoms with E-state index in [2.05, 4.69) is 24.9 Å². The molecule has 10 heteroatoms. The fourth-order valence-corrected chi connectivity index (χ4v) is 4.41. The molecule has 1 aliphatic heterocycles. The molecule has 5 rings (SSSR count). The molecule has 0 saturated carbocycles. The first-order valence-corrected chi connectivity index (χ1v) is 10.7. The van der Waals surface area contributed by atoms with Crippen LogP contribution in [0.25, 0.3) is 6.08 Å². The summed E-state index contributed by atoms with van der Waals surface area (Å²) in [5, 5.41) is 7.76. The average molecular weight is 472 g/mol. The Morgan fingerprint density at radius 1 is 0.912 bits per heavy atom. The number of hydrogen-bond acceptors (Lipinski definition) is 5. The highest BCUT2D eigenvalue weighted by Crippen LogP contribution is 2.43. The van der Waals surface area contributed by atoms with Gasteiger partial charge in [0.2, 0.25) is 5.95 Å². The third kappa shape index (κ3) is 4.48. The van der Waals surface area contributed by atoms with Gasteiger partial charge in [-0.25, -0.2) is 4.68 Å². The van der Waals surface area contributed by atoms with Gasteiger partial charge in [-0.1, -0.05) is 24.3 Å². The lowest BCUT2D eigenvalue weighted by atomic mass is 9.83. The molecular weight excluding hydrogens is 452 g/mol. The number of rotatable bonds is 6. The predicted octanol–water partition coefficient (Wildman–Crippen LogP) is 6.02. The number of fused-ring (bicyclic) bond motifs is 1. The maximum absolute atomic E-state index is 12.5. The van der Waals surface area contributed by atoms with E-state index >= 15 is 0 Å². The molecule has 176 valence electrons. The lowest BCUT2D eigenvalue weighted by Crippen LogP contribution is -2.28. The molecule has 0 radical (unpaired) electrons. The Hall–Kier alpha value is -3.82. The zero-order chi connectivity index (χ0) is 23.7. The van der Waals surface area contributed by atoms with Crippen LogP contribution in [0.15, 0.2) is 71.7 Å². The zero-order valence-corrected chi connectivity index (χ0v) is 17.8. The normalized spacial score (nSPS) is 18.6. The number of anilines is 1. The number of alkyl halides is 4. The van der Waals surface area contributed by atoms with Crippen molar-refractivity contribution < 1.29 is 27.0 Å². The molecule has 0 spiro atoms. The number of allylic oxidation sites excluding steroid dienone is 2. The number of benzene rings is 2. The van der Waals surface area contributed by atoms with Crippen LogP contribution in [0.5, 0.6) is 11.5 Å². The van der Waals surface area contributed by atoms with E-state index in [0.717, 1.165) is 47.2 Å². The average Bonchev–Trinajstić information content (AvgIpc) is 3.27. The van der Waals surface area contributed by atoms with Gasteiger partial charge in [0.25, 0.3) is 0 Å². The van der Waals surface area contributed by atoms with Crippen LogP contribution >= 0.6 is 0 Å². The minimum atomic E-state index is -2.89. The van der Waals surface area contributed by atoms with Gasteiger partial charge in [0.05, 0.1) is 0 Å². The first kappa shape index (κ1) is 22.0. The molecule has 0 fully saturated rings. The van der Waals surface area contributed by atoms with Crippen LogP contribution in [0.2, 0.25) is 0 Å². The Bertz CT molecular complexity index is 1220. The molecule has 1 N–H and O–H groups in total. The van der Waals surface area contributed by atoms with Crippen LogP contribution in [0.3, 0.4) is 0 Å². The fraction of sp³-hybridized carbons (Fsp3) is 0.250. The van der Waals surface area contributed by atoms with Gasteiger partial charge in [0, 0.05) is 5.70 Å². The maximum atomic E-state index is 12.5. The third-order valence-electron chi connectivity index (χ3n) is 5.79. The van der Waals surface area contributed by atoms with E-state index in [1.807, 2.05) is 6.08 Å². The molecule has 0 saturated heterocycles. The maximum Gasteiger partial charge on any atom is 0.387 e. The predicted molar refractivity (Wildman–Crippen MR) is 117 cm³/mol. The van der Waals surface area contributed by atoms with Gasteiger partial charge in [-0.3, -0.25) is 0 Å². The molecule has 1 aliphatic carbocycles. The Morgan fingerprint density at radius 3 is 2.21 bits per heavy atom. The van der Waals surface area contributed by atoms with Gasteiger partial charge >= 0.3 is 13.2 Å². The Morgan fingerprint density at radius 2 is 1.56 bits per heavy atom. The van der Waals surface area contributed by atoms with Crippen molar-refractivity contribution in [3.63, 3.8) is 0 Å². The van der Waals surface area contributed by atoms with Gasteiger partial charge in [0.15, 0.2) is 0 Å². The molecule has 1 aromatic heterocycles. The van der Waals surface area contributed by atoms with E-state index < -0.39 is 13.2 Å². The molecule has 2 heterocycles. The molecule has 0 bridgehead atoms. The van der Waals surface area contributed by atoms with Gasteiger partial charge in [-0.2, -0.15) is 27.6 Å². The van der Waals surface area contributed by atoms with Crippen molar-refractivity contribution in [3.05, 3.63) is 82.8 Å². The molecule has 1 atom stereocenters. The van der Waals surface area contributed by atoms with E-state index in [1.54, 1.807) is 28.9 Å². The lowest BCUT2D eigenvalue weighted by Gasteiger charge is -2.34. The van der Waals surface area contributed by atoms with Crippen molar-refractivity contribution >= 4 is 12.0 Å². The second-order valence-electron chi connectivity index (χ2n) is 7.87. The first-order chi connectivity index (χ1) is 16.5. The van der Waals surface area contributed by atoms with Crippen LogP contribution < -0.4 is 14.8 Å². The molecule has 3 aromatic rings. The summed E-state index contributed by atoms with van der Waals surface area (Å²) < 4.78 is 60.6. The van der Waals surface area contributed by atoms with Crippen molar-refractivity contribution in [2.75, 3.05) is 5.32 Å². The number of aromatic nitrogens is 3. The second kappa shape index (κ2) is 9.20. The van der Waals surface area contributed by atoms with Crippen molar-refractivity contribution in [1.29, 1.82) is 0 Å². The standard InChI is InChI=1S/C24H20F4N4O2/c25-22(26)33-17-8-4-14(5-9-17)12-16-2-1-3-19-20(16)31-24-29-13-30-32(24)21(19)15-6-10-18(11-7-15)34-23(27)28/h4-13,21-23H,1-3H2,(H,29,30,31)/b16-12-. The zero-order valence-electron chi connectivity index (χ0n) is 17.8. The van der Waals surface area contributed by atoms with E-state index in [1.165, 1.54) is 30.6 Å². The van der Waals surface area contributed by atoms with Crippen LogP contribution in [0.1, 0.15) is 36.4 Å². The fourth-order valence-electron chi connectivity index (χ4n) is 4.41. The van der Waals surface area contributed by atoms with Crippen molar-refractivity contribution in [3.8, 4) is 11.5 Å². The summed E-state index contributed by atoms with van der Waals surface area (Å²) in [5.74, 6) is 0.762. The quantitative estimate of drug-likeness (QED) is 0.445. The number of halogens is 4. The summed E-state index contributed by atoms with van der Waals surface area (Å²) in [6.45, 7) is -5.75. The second-order valence-corrected chi connectivity index (χ2v) is 7.87. The number of hydrogen-bond donors (Lipinski definition) is 1. The van der Waals surface area contributed by atoms with Crippen molar-refractivity contribution in [2.45, 2.75) is 38.5 Å². The van der Waals surface area contributed by atoms with Crippen LogP contribution in [0.4, 0.5) is 23.5 Å². The first-order valence-electron chi connectivity index (χ1n) is 10.7. The Labute approximate surface area is 192 Å². The molecular formula is C24H20F4N4O2. The number of nitrogens with one attached hydrogen (secondary N) is 1. The minimum Gasteiger partial charge on any atom is -0.435 e. The van der Waals surface area contributed by atoms with E-state index in [-0.39, 0.29) is 17.5 Å². The number of nitrogens with zero attached hydrogens (tertiary/aromatic N) is 3. The van der Waals surface area contributed by atoms with Gasteiger partial charge in [-0.05, 0) is 71.9 Å². The van der Waals surface area contributed by atoms with E-state index in [0.29, 0.717) is 5.95 Å². The minimum absolute atomic E-state index is 0.0872. The largest absolute Gasteiger partial charge is 0.435 e. The highest BCUT2D eigenvalue weighted by atomic mass is 19.3. The monoisotopic (exact) mass is 472 g/mol. The van der Waals surface area contributed by atoms with Crippen LogP contribution in [-0.4, -0.2) is 28.0 Å². The molecule has 0 amide bonds. The lowest BCUT2D eigenvalue weighted by molar-refractivity contribution is -0.0505. The summed E-state index contributed by atoms with van der Waals surface area (Å²) in [6.07, 6.45) is 6.03. The van der Waals surface area contributed by atoms with Gasteiger partial charge in [-0.15, -0.1) is 0 Å². The molecule has 2 aliphatic rings. The summed E-state index contributed by atoms with van der Waals surface area (Å²) >= 11 is 0. The molecule has 2 aromatic carbocycles. The Balaban J connectivity index is 1.50. The highest BCUT2D eigenvalue weighted by molar-refractivity contribution is 5.66.